The van der Waals surface area contributed by atoms with E-state index in [2.05, 4.69) is 18.7 Å². The van der Waals surface area contributed by atoms with Crippen LogP contribution in [-0.2, 0) is 9.53 Å². The molecule has 2 aliphatic rings. The molecule has 0 radical (unpaired) electrons. The Morgan fingerprint density at radius 1 is 1.53 bits per heavy atom. The fraction of sp³-hybridized carbons (Fsp3) is 0.846. The molecule has 6 heteroatoms. The molecule has 1 N–H and O–H groups in total. The zero-order valence-corrected chi connectivity index (χ0v) is 11.5. The third-order valence-electron chi connectivity index (χ3n) is 4.00. The summed E-state index contributed by atoms with van der Waals surface area (Å²) in [6.45, 7) is 6.78. The average Bonchev–Trinajstić information content (AvgIpc) is 2.71. The minimum Gasteiger partial charge on any atom is -0.480 e. The summed E-state index contributed by atoms with van der Waals surface area (Å²) in [5, 5.41) is 9.09. The zero-order valence-electron chi connectivity index (χ0n) is 11.5. The van der Waals surface area contributed by atoms with Crippen LogP contribution < -0.4 is 0 Å². The molecule has 2 saturated heterocycles. The number of amides is 1. The number of carboxylic acid groups (broad SMARTS) is 1. The number of hydrogen-bond acceptors (Lipinski definition) is 4. The van der Waals surface area contributed by atoms with Gasteiger partial charge >= 0.3 is 12.1 Å². The first kappa shape index (κ1) is 14.1. The van der Waals surface area contributed by atoms with E-state index in [1.54, 1.807) is 0 Å². The molecule has 2 fully saturated rings. The average molecular weight is 270 g/mol. The van der Waals surface area contributed by atoms with Gasteiger partial charge in [0.15, 0.2) is 6.04 Å². The quantitative estimate of drug-likeness (QED) is 0.825. The number of rotatable bonds is 4. The van der Waals surface area contributed by atoms with E-state index in [4.69, 9.17) is 9.84 Å². The lowest BCUT2D eigenvalue weighted by Crippen LogP contribution is -2.47. The molecule has 108 valence electrons. The number of carbonyl (C=O) groups excluding carboxylic acids is 1. The SMILES string of the molecule is CC(C)N1CCCC(CN2C(=O)OCC2C(=O)O)C1. The van der Waals surface area contributed by atoms with Gasteiger partial charge in [0.05, 0.1) is 0 Å². The predicted molar refractivity (Wildman–Crippen MR) is 68.9 cm³/mol. The molecule has 2 heterocycles. The molecule has 2 atom stereocenters. The van der Waals surface area contributed by atoms with Gasteiger partial charge in [0, 0.05) is 19.1 Å². The topological polar surface area (TPSA) is 70.1 Å². The zero-order chi connectivity index (χ0) is 14.0. The highest BCUT2D eigenvalue weighted by Gasteiger charge is 2.39. The maximum absolute atomic E-state index is 11.6. The van der Waals surface area contributed by atoms with Crippen LogP contribution in [0.3, 0.4) is 0 Å². The minimum absolute atomic E-state index is 0.0330. The van der Waals surface area contributed by atoms with E-state index in [0.29, 0.717) is 18.5 Å². The summed E-state index contributed by atoms with van der Waals surface area (Å²) >= 11 is 0. The van der Waals surface area contributed by atoms with Crippen LogP contribution in [0, 0.1) is 5.92 Å². The normalized spacial score (nSPS) is 28.8. The Bertz CT molecular complexity index is 359. The second-order valence-corrected chi connectivity index (χ2v) is 5.68. The Balaban J connectivity index is 1.95. The molecule has 1 amide bonds. The summed E-state index contributed by atoms with van der Waals surface area (Å²) in [6.07, 6.45) is 1.65. The van der Waals surface area contributed by atoms with Gasteiger partial charge in [-0.25, -0.2) is 9.59 Å². The summed E-state index contributed by atoms with van der Waals surface area (Å²) in [5.74, 6) is -0.647. The van der Waals surface area contributed by atoms with Crippen molar-refractivity contribution in [2.24, 2.45) is 5.92 Å². The van der Waals surface area contributed by atoms with Gasteiger partial charge in [-0.1, -0.05) is 0 Å². The number of ether oxygens (including phenoxy) is 1. The van der Waals surface area contributed by atoms with Gasteiger partial charge in [0.1, 0.15) is 6.61 Å². The molecule has 2 unspecified atom stereocenters. The van der Waals surface area contributed by atoms with Crippen molar-refractivity contribution in [2.75, 3.05) is 26.2 Å². The number of cyclic esters (lactones) is 1. The largest absolute Gasteiger partial charge is 0.480 e. The van der Waals surface area contributed by atoms with Gasteiger partial charge in [-0.15, -0.1) is 0 Å². The minimum atomic E-state index is -0.984. The van der Waals surface area contributed by atoms with Crippen molar-refractivity contribution >= 4 is 12.1 Å². The van der Waals surface area contributed by atoms with Crippen molar-refractivity contribution < 1.29 is 19.4 Å². The third-order valence-corrected chi connectivity index (χ3v) is 4.00. The lowest BCUT2D eigenvalue weighted by Gasteiger charge is -2.37. The number of likely N-dealkylation sites (tertiary alicyclic amines) is 1. The van der Waals surface area contributed by atoms with Crippen molar-refractivity contribution in [1.29, 1.82) is 0 Å². The lowest BCUT2D eigenvalue weighted by molar-refractivity contribution is -0.141. The molecule has 2 aliphatic heterocycles. The highest BCUT2D eigenvalue weighted by atomic mass is 16.6. The van der Waals surface area contributed by atoms with Crippen LogP contribution in [0.25, 0.3) is 0 Å². The van der Waals surface area contributed by atoms with E-state index in [1.165, 1.54) is 4.90 Å². The van der Waals surface area contributed by atoms with Gasteiger partial charge in [0.25, 0.3) is 0 Å². The fourth-order valence-electron chi connectivity index (χ4n) is 2.85. The molecule has 19 heavy (non-hydrogen) atoms. The van der Waals surface area contributed by atoms with E-state index >= 15 is 0 Å². The van der Waals surface area contributed by atoms with E-state index in [1.807, 2.05) is 0 Å². The van der Waals surface area contributed by atoms with Gasteiger partial charge in [0.2, 0.25) is 0 Å². The Hall–Kier alpha value is -1.30. The third kappa shape index (κ3) is 3.18. The maximum Gasteiger partial charge on any atom is 0.410 e. The number of carbonyl (C=O) groups is 2. The summed E-state index contributed by atoms with van der Waals surface area (Å²) in [7, 11) is 0. The molecule has 0 spiro atoms. The van der Waals surface area contributed by atoms with E-state index in [-0.39, 0.29) is 6.61 Å². The van der Waals surface area contributed by atoms with Crippen LogP contribution in [0.2, 0.25) is 0 Å². The summed E-state index contributed by atoms with van der Waals surface area (Å²) in [4.78, 5) is 26.4. The van der Waals surface area contributed by atoms with Crippen molar-refractivity contribution in [3.63, 3.8) is 0 Å². The van der Waals surface area contributed by atoms with Crippen LogP contribution >= 0.6 is 0 Å². The highest BCUT2D eigenvalue weighted by Crippen LogP contribution is 2.22. The van der Waals surface area contributed by atoms with Gasteiger partial charge in [-0.05, 0) is 39.2 Å². The molecule has 0 aliphatic carbocycles. The van der Waals surface area contributed by atoms with Crippen molar-refractivity contribution in [2.45, 2.75) is 38.8 Å². The Kier molecular flexibility index (Phi) is 4.29. The Morgan fingerprint density at radius 2 is 2.26 bits per heavy atom. The molecule has 0 aromatic heterocycles. The molecule has 0 aromatic rings. The summed E-state index contributed by atoms with van der Waals surface area (Å²) in [5.41, 5.74) is 0. The van der Waals surface area contributed by atoms with Crippen molar-refractivity contribution in [3.05, 3.63) is 0 Å². The maximum atomic E-state index is 11.6. The number of hydrogen-bond donors (Lipinski definition) is 1. The Labute approximate surface area is 113 Å². The Morgan fingerprint density at radius 3 is 2.89 bits per heavy atom. The van der Waals surface area contributed by atoms with E-state index < -0.39 is 18.1 Å². The second-order valence-electron chi connectivity index (χ2n) is 5.68. The van der Waals surface area contributed by atoms with Crippen LogP contribution in [0.1, 0.15) is 26.7 Å². The lowest BCUT2D eigenvalue weighted by atomic mass is 9.96. The molecule has 2 rings (SSSR count). The van der Waals surface area contributed by atoms with Crippen LogP contribution in [0.5, 0.6) is 0 Å². The van der Waals surface area contributed by atoms with Gasteiger partial charge in [-0.2, -0.15) is 0 Å². The number of piperidine rings is 1. The molecule has 0 aromatic carbocycles. The van der Waals surface area contributed by atoms with Gasteiger partial charge in [-0.3, -0.25) is 4.90 Å². The second kappa shape index (κ2) is 5.77. The predicted octanol–water partition coefficient (Wildman–Crippen LogP) is 1.01. The molecular weight excluding hydrogens is 248 g/mol. The van der Waals surface area contributed by atoms with Crippen molar-refractivity contribution in [3.8, 4) is 0 Å². The van der Waals surface area contributed by atoms with E-state index in [9.17, 15) is 9.59 Å². The standard InChI is InChI=1S/C13H22N2O4/c1-9(2)14-5-3-4-10(6-14)7-15-11(12(16)17)8-19-13(15)18/h9-11H,3-8H2,1-2H3,(H,16,17). The van der Waals surface area contributed by atoms with Crippen LogP contribution in [0.15, 0.2) is 0 Å². The smallest absolute Gasteiger partial charge is 0.410 e. The van der Waals surface area contributed by atoms with E-state index in [0.717, 1.165) is 25.9 Å². The molecule has 6 nitrogen and oxygen atoms in total. The first-order valence-electron chi connectivity index (χ1n) is 6.89. The number of nitrogens with zero attached hydrogens (tertiary/aromatic N) is 2. The van der Waals surface area contributed by atoms with Gasteiger partial charge < -0.3 is 14.7 Å². The van der Waals surface area contributed by atoms with Crippen LogP contribution in [-0.4, -0.2) is 65.3 Å². The first-order valence-corrected chi connectivity index (χ1v) is 6.89. The summed E-state index contributed by atoms with van der Waals surface area (Å²) < 4.78 is 4.85. The molecule has 0 bridgehead atoms. The summed E-state index contributed by atoms with van der Waals surface area (Å²) in [6, 6.07) is -0.328. The molecular formula is C13H22N2O4. The highest BCUT2D eigenvalue weighted by molar-refractivity contribution is 5.82. The monoisotopic (exact) mass is 270 g/mol. The van der Waals surface area contributed by atoms with Crippen LogP contribution in [0.4, 0.5) is 4.79 Å². The first-order chi connectivity index (χ1) is 8.99. The van der Waals surface area contributed by atoms with Crippen molar-refractivity contribution in [1.82, 2.24) is 9.80 Å². The molecule has 0 saturated carbocycles. The fourth-order valence-corrected chi connectivity index (χ4v) is 2.85. The number of carboxylic acids is 1. The number of aliphatic carboxylic acids is 1.